The number of benzene rings is 2. The number of hydrogen-bond acceptors (Lipinski definition) is 3. The summed E-state index contributed by atoms with van der Waals surface area (Å²) in [5.41, 5.74) is 2.66. The Hall–Kier alpha value is -2.69. The fourth-order valence-electron chi connectivity index (χ4n) is 2.39. The Bertz CT molecular complexity index is 756. The third-order valence-electron chi connectivity index (χ3n) is 3.97. The molecule has 0 saturated carbocycles. The summed E-state index contributed by atoms with van der Waals surface area (Å²) in [5.74, 6) is -1.60. The highest BCUT2D eigenvalue weighted by molar-refractivity contribution is 5.91. The summed E-state index contributed by atoms with van der Waals surface area (Å²) in [4.78, 5) is 24.0. The van der Waals surface area contributed by atoms with Crippen molar-refractivity contribution in [3.63, 3.8) is 0 Å². The predicted molar refractivity (Wildman–Crippen MR) is 93.8 cm³/mol. The van der Waals surface area contributed by atoms with Gasteiger partial charge < -0.3 is 10.1 Å². The molecule has 0 aliphatic rings. The molecular formula is C20H22FNO3. The Kier molecular flexibility index (Phi) is 6.28. The first kappa shape index (κ1) is 18.6. The van der Waals surface area contributed by atoms with Gasteiger partial charge in [0.05, 0.1) is 11.6 Å². The quantitative estimate of drug-likeness (QED) is 0.810. The average molecular weight is 343 g/mol. The molecule has 5 heteroatoms. The van der Waals surface area contributed by atoms with Gasteiger partial charge in [-0.05, 0) is 43.5 Å². The molecule has 1 amide bonds. The molecule has 0 spiro atoms. The van der Waals surface area contributed by atoms with Gasteiger partial charge in [-0.15, -0.1) is 0 Å². The van der Waals surface area contributed by atoms with Crippen LogP contribution in [0.1, 0.15) is 46.4 Å². The number of carbonyl (C=O) groups is 2. The fourth-order valence-corrected chi connectivity index (χ4v) is 2.39. The first-order chi connectivity index (χ1) is 11.9. The molecule has 0 heterocycles. The van der Waals surface area contributed by atoms with Crippen LogP contribution in [0.5, 0.6) is 0 Å². The summed E-state index contributed by atoms with van der Waals surface area (Å²) in [5, 5.41) is 2.84. The molecule has 0 bridgehead atoms. The van der Waals surface area contributed by atoms with Gasteiger partial charge in [0, 0.05) is 0 Å². The molecule has 132 valence electrons. The topological polar surface area (TPSA) is 55.4 Å². The van der Waals surface area contributed by atoms with E-state index in [0.29, 0.717) is 12.0 Å². The van der Waals surface area contributed by atoms with Gasteiger partial charge in [0.15, 0.2) is 6.61 Å². The van der Waals surface area contributed by atoms with Crippen LogP contribution in [0.4, 0.5) is 4.39 Å². The van der Waals surface area contributed by atoms with Crippen molar-refractivity contribution >= 4 is 11.9 Å². The highest BCUT2D eigenvalue weighted by Gasteiger charge is 2.15. The molecule has 0 unspecified atom stereocenters. The van der Waals surface area contributed by atoms with Crippen LogP contribution >= 0.6 is 0 Å². The van der Waals surface area contributed by atoms with Crippen LogP contribution in [0.15, 0.2) is 42.5 Å². The van der Waals surface area contributed by atoms with E-state index in [0.717, 1.165) is 17.2 Å². The molecule has 1 atom stereocenters. The number of ether oxygens (including phenoxy) is 1. The number of rotatable bonds is 6. The number of nitrogens with one attached hydrogen (secondary N) is 1. The number of carbonyl (C=O) groups excluding carboxylic acids is 2. The van der Waals surface area contributed by atoms with E-state index in [1.807, 2.05) is 38.1 Å². The van der Waals surface area contributed by atoms with Crippen molar-refractivity contribution in [1.82, 2.24) is 5.32 Å². The molecule has 0 fully saturated rings. The average Bonchev–Trinajstić information content (AvgIpc) is 2.60. The van der Waals surface area contributed by atoms with Gasteiger partial charge in [-0.25, -0.2) is 9.18 Å². The van der Waals surface area contributed by atoms with Crippen molar-refractivity contribution in [3.8, 4) is 0 Å². The lowest BCUT2D eigenvalue weighted by atomic mass is 10.0. The highest BCUT2D eigenvalue weighted by atomic mass is 19.1. The van der Waals surface area contributed by atoms with Gasteiger partial charge in [-0.1, -0.05) is 42.8 Å². The van der Waals surface area contributed by atoms with Gasteiger partial charge in [0.1, 0.15) is 5.82 Å². The van der Waals surface area contributed by atoms with E-state index in [2.05, 4.69) is 5.32 Å². The van der Waals surface area contributed by atoms with Crippen LogP contribution < -0.4 is 5.32 Å². The largest absolute Gasteiger partial charge is 0.452 e. The number of halogens is 1. The molecule has 0 aromatic heterocycles. The molecule has 1 N–H and O–H groups in total. The lowest BCUT2D eigenvalue weighted by Gasteiger charge is -2.17. The minimum atomic E-state index is -0.725. The summed E-state index contributed by atoms with van der Waals surface area (Å²) in [7, 11) is 0. The smallest absolute Gasteiger partial charge is 0.338 e. The van der Waals surface area contributed by atoms with Gasteiger partial charge in [-0.2, -0.15) is 0 Å². The van der Waals surface area contributed by atoms with Crippen LogP contribution in [0.3, 0.4) is 0 Å². The number of esters is 1. The second-order valence-corrected chi connectivity index (χ2v) is 5.98. The molecule has 0 saturated heterocycles. The lowest BCUT2D eigenvalue weighted by molar-refractivity contribution is -0.125. The third kappa shape index (κ3) is 5.14. The maximum absolute atomic E-state index is 13.5. The normalized spacial score (nSPS) is 11.7. The predicted octanol–water partition coefficient (Wildman–Crippen LogP) is 3.87. The number of aryl methyl sites for hydroxylation is 2. The standard InChI is InChI=1S/C20H22FNO3/c1-4-18(15-8-5-13(2)6-9-15)22-19(23)12-25-20(24)16-10-7-14(3)17(21)11-16/h5-11,18H,4,12H2,1-3H3,(H,22,23)/t18-/m1/s1. The SMILES string of the molecule is CC[C@@H](NC(=O)COC(=O)c1ccc(C)c(F)c1)c1ccc(C)cc1. The van der Waals surface area contributed by atoms with Crippen molar-refractivity contribution in [3.05, 3.63) is 70.5 Å². The van der Waals surface area contributed by atoms with Gasteiger partial charge >= 0.3 is 5.97 Å². The summed E-state index contributed by atoms with van der Waals surface area (Å²) >= 11 is 0. The minimum absolute atomic E-state index is 0.0847. The van der Waals surface area contributed by atoms with E-state index in [4.69, 9.17) is 4.74 Å². The van der Waals surface area contributed by atoms with Crippen LogP contribution in [-0.4, -0.2) is 18.5 Å². The van der Waals surface area contributed by atoms with E-state index >= 15 is 0 Å². The molecule has 2 aromatic rings. The second kappa shape index (κ2) is 8.42. The van der Waals surface area contributed by atoms with Crippen LogP contribution in [0.25, 0.3) is 0 Å². The summed E-state index contributed by atoms with van der Waals surface area (Å²) in [6.07, 6.45) is 0.714. The van der Waals surface area contributed by atoms with E-state index in [1.165, 1.54) is 12.1 Å². The van der Waals surface area contributed by atoms with E-state index in [-0.39, 0.29) is 11.6 Å². The van der Waals surface area contributed by atoms with Crippen LogP contribution in [-0.2, 0) is 9.53 Å². The Balaban J connectivity index is 1.91. The fraction of sp³-hybridized carbons (Fsp3) is 0.300. The summed E-state index contributed by atoms with van der Waals surface area (Å²) in [6, 6.07) is 11.8. The lowest BCUT2D eigenvalue weighted by Crippen LogP contribution is -2.32. The summed E-state index contributed by atoms with van der Waals surface area (Å²) in [6.45, 7) is 5.16. The van der Waals surface area contributed by atoms with Gasteiger partial charge in [-0.3, -0.25) is 4.79 Å². The summed E-state index contributed by atoms with van der Waals surface area (Å²) < 4.78 is 18.5. The van der Waals surface area contributed by atoms with E-state index < -0.39 is 24.3 Å². The van der Waals surface area contributed by atoms with Crippen LogP contribution in [0.2, 0.25) is 0 Å². The molecule has 4 nitrogen and oxygen atoms in total. The second-order valence-electron chi connectivity index (χ2n) is 5.98. The van der Waals surface area contributed by atoms with Crippen molar-refractivity contribution in [2.45, 2.75) is 33.2 Å². The van der Waals surface area contributed by atoms with Crippen molar-refractivity contribution in [2.75, 3.05) is 6.61 Å². The molecule has 0 aliphatic carbocycles. The first-order valence-corrected chi connectivity index (χ1v) is 8.20. The van der Waals surface area contributed by atoms with Crippen molar-refractivity contribution < 1.29 is 18.7 Å². The molecule has 0 aliphatic heterocycles. The molecule has 25 heavy (non-hydrogen) atoms. The zero-order chi connectivity index (χ0) is 18.4. The zero-order valence-corrected chi connectivity index (χ0v) is 14.6. The molecule has 0 radical (unpaired) electrons. The van der Waals surface area contributed by atoms with Gasteiger partial charge in [0.2, 0.25) is 0 Å². The monoisotopic (exact) mass is 343 g/mol. The van der Waals surface area contributed by atoms with E-state index in [1.54, 1.807) is 6.92 Å². The molecule has 2 rings (SSSR count). The maximum atomic E-state index is 13.5. The molecule has 2 aromatic carbocycles. The highest BCUT2D eigenvalue weighted by Crippen LogP contribution is 2.17. The third-order valence-corrected chi connectivity index (χ3v) is 3.97. The number of amides is 1. The zero-order valence-electron chi connectivity index (χ0n) is 14.6. The van der Waals surface area contributed by atoms with Gasteiger partial charge in [0.25, 0.3) is 5.91 Å². The first-order valence-electron chi connectivity index (χ1n) is 8.20. The Morgan fingerprint density at radius 3 is 2.40 bits per heavy atom. The van der Waals surface area contributed by atoms with Crippen molar-refractivity contribution in [1.29, 1.82) is 0 Å². The maximum Gasteiger partial charge on any atom is 0.338 e. The van der Waals surface area contributed by atoms with Crippen molar-refractivity contribution in [2.24, 2.45) is 0 Å². The Morgan fingerprint density at radius 2 is 1.80 bits per heavy atom. The number of hydrogen-bond donors (Lipinski definition) is 1. The minimum Gasteiger partial charge on any atom is -0.452 e. The molecular weight excluding hydrogens is 321 g/mol. The van der Waals surface area contributed by atoms with E-state index in [9.17, 15) is 14.0 Å². The Labute approximate surface area is 147 Å². The van der Waals surface area contributed by atoms with Crippen LogP contribution in [0, 0.1) is 19.7 Å². The Morgan fingerprint density at radius 1 is 1.12 bits per heavy atom.